The van der Waals surface area contributed by atoms with Gasteiger partial charge in [-0.05, 0) is 44.4 Å². The smallest absolute Gasteiger partial charge is 0.251 e. The summed E-state index contributed by atoms with van der Waals surface area (Å²) in [4.78, 5) is 14.3. The first-order valence-corrected chi connectivity index (χ1v) is 9.04. The molecular formula is C18H22ClN7O. The highest BCUT2D eigenvalue weighted by molar-refractivity contribution is 6.30. The Balaban J connectivity index is 1.60. The van der Waals surface area contributed by atoms with E-state index in [1.165, 1.54) is 0 Å². The summed E-state index contributed by atoms with van der Waals surface area (Å²) in [6, 6.07) is 10.6. The van der Waals surface area contributed by atoms with Crippen LogP contribution in [0.25, 0.3) is 5.65 Å². The molecule has 0 radical (unpaired) electrons. The quantitative estimate of drug-likeness (QED) is 0.612. The number of anilines is 1. The Morgan fingerprint density at radius 1 is 1.19 bits per heavy atom. The Morgan fingerprint density at radius 2 is 2.04 bits per heavy atom. The predicted octanol–water partition coefficient (Wildman–Crippen LogP) is 1.72. The number of halogens is 1. The molecule has 3 rings (SSSR count). The van der Waals surface area contributed by atoms with Gasteiger partial charge in [-0.2, -0.15) is 4.52 Å². The fourth-order valence-corrected chi connectivity index (χ4v) is 2.70. The summed E-state index contributed by atoms with van der Waals surface area (Å²) in [6.07, 6.45) is 0.515. The zero-order chi connectivity index (χ0) is 19.2. The zero-order valence-corrected chi connectivity index (χ0v) is 16.1. The third-order valence-corrected chi connectivity index (χ3v) is 4.15. The number of hydrogen-bond acceptors (Lipinski definition) is 6. The van der Waals surface area contributed by atoms with Gasteiger partial charge in [0.2, 0.25) is 0 Å². The van der Waals surface area contributed by atoms with Crippen molar-refractivity contribution in [3.05, 3.63) is 52.8 Å². The summed E-state index contributed by atoms with van der Waals surface area (Å²) in [6.45, 7) is 2.12. The van der Waals surface area contributed by atoms with E-state index in [0.717, 1.165) is 18.9 Å². The van der Waals surface area contributed by atoms with Crippen molar-refractivity contribution in [1.29, 1.82) is 0 Å². The van der Waals surface area contributed by atoms with Crippen molar-refractivity contribution in [1.82, 2.24) is 30.0 Å². The van der Waals surface area contributed by atoms with E-state index in [4.69, 9.17) is 11.6 Å². The standard InChI is InChI=1S/C18H22ClN7O/c1-25(2)11-10-20-15-6-7-16-22-23-17(26(16)24-15)8-9-21-18(27)13-4-3-5-14(19)12-13/h3-7,12H,8-11H2,1-2H3,(H,20,24)(H,21,27). The summed E-state index contributed by atoms with van der Waals surface area (Å²) in [7, 11) is 4.04. The van der Waals surface area contributed by atoms with Crippen LogP contribution in [-0.2, 0) is 6.42 Å². The van der Waals surface area contributed by atoms with E-state index in [1.807, 2.05) is 26.2 Å². The molecule has 0 saturated heterocycles. The summed E-state index contributed by atoms with van der Waals surface area (Å²) < 4.78 is 1.70. The van der Waals surface area contributed by atoms with Crippen molar-refractivity contribution < 1.29 is 4.79 Å². The van der Waals surface area contributed by atoms with Gasteiger partial charge in [0, 0.05) is 36.6 Å². The topological polar surface area (TPSA) is 87.5 Å². The van der Waals surface area contributed by atoms with Crippen LogP contribution in [0.3, 0.4) is 0 Å². The van der Waals surface area contributed by atoms with Crippen molar-refractivity contribution in [3.63, 3.8) is 0 Å². The molecule has 0 unspecified atom stereocenters. The highest BCUT2D eigenvalue weighted by atomic mass is 35.5. The second-order valence-electron chi connectivity index (χ2n) is 6.35. The minimum absolute atomic E-state index is 0.176. The van der Waals surface area contributed by atoms with Gasteiger partial charge in [0.1, 0.15) is 5.82 Å². The molecular weight excluding hydrogens is 366 g/mol. The first-order chi connectivity index (χ1) is 13.0. The van der Waals surface area contributed by atoms with Crippen LogP contribution < -0.4 is 10.6 Å². The number of amides is 1. The molecule has 0 aliphatic carbocycles. The third kappa shape index (κ3) is 5.15. The average molecular weight is 388 g/mol. The Labute approximate surface area is 162 Å². The lowest BCUT2D eigenvalue weighted by Crippen LogP contribution is -2.26. The lowest BCUT2D eigenvalue weighted by atomic mass is 10.2. The van der Waals surface area contributed by atoms with Gasteiger partial charge in [-0.15, -0.1) is 15.3 Å². The number of nitrogens with zero attached hydrogens (tertiary/aromatic N) is 5. The molecule has 8 nitrogen and oxygen atoms in total. The molecule has 1 aromatic carbocycles. The van der Waals surface area contributed by atoms with Crippen molar-refractivity contribution in [2.45, 2.75) is 6.42 Å². The summed E-state index contributed by atoms with van der Waals surface area (Å²) in [5, 5.41) is 19.5. The molecule has 142 valence electrons. The van der Waals surface area contributed by atoms with Gasteiger partial charge in [-0.1, -0.05) is 17.7 Å². The second kappa shape index (κ2) is 8.79. The van der Waals surface area contributed by atoms with Crippen LogP contribution in [-0.4, -0.2) is 64.3 Å². The summed E-state index contributed by atoms with van der Waals surface area (Å²) >= 11 is 5.92. The van der Waals surface area contributed by atoms with Crippen LogP contribution in [0.4, 0.5) is 5.82 Å². The number of carbonyl (C=O) groups excluding carboxylic acids is 1. The molecule has 0 bridgehead atoms. The first-order valence-electron chi connectivity index (χ1n) is 8.66. The highest BCUT2D eigenvalue weighted by Gasteiger charge is 2.10. The van der Waals surface area contributed by atoms with Gasteiger partial charge in [0.15, 0.2) is 11.5 Å². The summed E-state index contributed by atoms with van der Waals surface area (Å²) in [5.41, 5.74) is 1.20. The van der Waals surface area contributed by atoms with Crippen molar-refractivity contribution >= 4 is 29.0 Å². The number of benzene rings is 1. The molecule has 2 aromatic heterocycles. The number of aromatic nitrogens is 4. The van der Waals surface area contributed by atoms with E-state index in [2.05, 4.69) is 30.8 Å². The minimum atomic E-state index is -0.176. The zero-order valence-electron chi connectivity index (χ0n) is 15.3. The van der Waals surface area contributed by atoms with Crippen LogP contribution >= 0.6 is 11.6 Å². The van der Waals surface area contributed by atoms with Gasteiger partial charge in [0.05, 0.1) is 0 Å². The van der Waals surface area contributed by atoms with Crippen LogP contribution in [0, 0.1) is 0 Å². The second-order valence-corrected chi connectivity index (χ2v) is 6.79. The molecule has 1 amide bonds. The van der Waals surface area contributed by atoms with Gasteiger partial charge in [0.25, 0.3) is 5.91 Å². The number of carbonyl (C=O) groups is 1. The molecule has 0 spiro atoms. The van der Waals surface area contributed by atoms with E-state index >= 15 is 0 Å². The lowest BCUT2D eigenvalue weighted by molar-refractivity contribution is 0.0954. The van der Waals surface area contributed by atoms with E-state index in [-0.39, 0.29) is 5.91 Å². The molecule has 2 heterocycles. The monoisotopic (exact) mass is 387 g/mol. The predicted molar refractivity (Wildman–Crippen MR) is 105 cm³/mol. The molecule has 0 aliphatic rings. The number of likely N-dealkylation sites (N-methyl/N-ethyl adjacent to an activating group) is 1. The normalized spacial score (nSPS) is 11.1. The Hall–Kier alpha value is -2.71. The molecule has 0 fully saturated rings. The SMILES string of the molecule is CN(C)CCNc1ccc2nnc(CCNC(=O)c3cccc(Cl)c3)n2n1. The van der Waals surface area contributed by atoms with E-state index in [0.29, 0.717) is 35.0 Å². The fourth-order valence-electron chi connectivity index (χ4n) is 2.51. The fraction of sp³-hybridized carbons (Fsp3) is 0.333. The highest BCUT2D eigenvalue weighted by Crippen LogP contribution is 2.11. The number of fused-ring (bicyclic) bond motifs is 1. The third-order valence-electron chi connectivity index (χ3n) is 3.91. The van der Waals surface area contributed by atoms with Crippen molar-refractivity contribution in [2.75, 3.05) is 39.0 Å². The molecule has 9 heteroatoms. The van der Waals surface area contributed by atoms with E-state index < -0.39 is 0 Å². The van der Waals surface area contributed by atoms with Crippen LogP contribution in [0.1, 0.15) is 16.2 Å². The Bertz CT molecular complexity index is 925. The van der Waals surface area contributed by atoms with Crippen molar-refractivity contribution in [3.8, 4) is 0 Å². The lowest BCUT2D eigenvalue weighted by Gasteiger charge is -2.10. The number of rotatable bonds is 8. The van der Waals surface area contributed by atoms with Crippen LogP contribution in [0.2, 0.25) is 5.02 Å². The van der Waals surface area contributed by atoms with Crippen LogP contribution in [0.5, 0.6) is 0 Å². The molecule has 3 aromatic rings. The minimum Gasteiger partial charge on any atom is -0.367 e. The van der Waals surface area contributed by atoms with Gasteiger partial charge in [-0.3, -0.25) is 4.79 Å². The molecule has 0 saturated carbocycles. The number of hydrogen-bond donors (Lipinski definition) is 2. The van der Waals surface area contributed by atoms with E-state index in [1.54, 1.807) is 28.8 Å². The first kappa shape index (κ1) is 19.1. The summed E-state index contributed by atoms with van der Waals surface area (Å²) in [5.74, 6) is 1.27. The largest absolute Gasteiger partial charge is 0.367 e. The van der Waals surface area contributed by atoms with Crippen molar-refractivity contribution in [2.24, 2.45) is 0 Å². The van der Waals surface area contributed by atoms with Gasteiger partial charge < -0.3 is 15.5 Å². The number of nitrogens with one attached hydrogen (secondary N) is 2. The molecule has 0 aliphatic heterocycles. The Morgan fingerprint density at radius 3 is 2.81 bits per heavy atom. The van der Waals surface area contributed by atoms with Crippen LogP contribution in [0.15, 0.2) is 36.4 Å². The van der Waals surface area contributed by atoms with Gasteiger partial charge in [-0.25, -0.2) is 0 Å². The van der Waals surface area contributed by atoms with E-state index in [9.17, 15) is 4.79 Å². The maximum atomic E-state index is 12.2. The Kier molecular flexibility index (Phi) is 6.20. The molecule has 27 heavy (non-hydrogen) atoms. The molecule has 0 atom stereocenters. The maximum Gasteiger partial charge on any atom is 0.251 e. The van der Waals surface area contributed by atoms with Gasteiger partial charge >= 0.3 is 0 Å². The maximum absolute atomic E-state index is 12.2. The average Bonchev–Trinajstić information content (AvgIpc) is 3.04. The molecule has 2 N–H and O–H groups in total.